The molecule has 3 heterocycles. The smallest absolute Gasteiger partial charge is 0.266 e. The van der Waals surface area contributed by atoms with Gasteiger partial charge in [0.05, 0.1) is 6.42 Å². The second-order valence-electron chi connectivity index (χ2n) is 8.23. The summed E-state index contributed by atoms with van der Waals surface area (Å²) in [5.74, 6) is 1.02. The molecule has 1 aromatic rings. The van der Waals surface area contributed by atoms with Crippen molar-refractivity contribution < 1.29 is 4.79 Å². The molecule has 7 nitrogen and oxygen atoms in total. The zero-order valence-corrected chi connectivity index (χ0v) is 16.3. The van der Waals surface area contributed by atoms with E-state index >= 15 is 0 Å². The Kier molecular flexibility index (Phi) is 7.27. The van der Waals surface area contributed by atoms with Crippen molar-refractivity contribution in [3.8, 4) is 0 Å². The summed E-state index contributed by atoms with van der Waals surface area (Å²) in [5.41, 5.74) is 0.641. The second kappa shape index (κ2) is 9.26. The highest BCUT2D eigenvalue weighted by atomic mass is 16.2. The van der Waals surface area contributed by atoms with Crippen LogP contribution < -0.4 is 11.1 Å². The molecule has 0 radical (unpaired) electrons. The molecule has 1 aromatic heterocycles. The first-order valence-electron chi connectivity index (χ1n) is 9.88. The summed E-state index contributed by atoms with van der Waals surface area (Å²) in [6, 6.07) is 1.67. The van der Waals surface area contributed by atoms with Gasteiger partial charge in [0, 0.05) is 43.0 Å². The average molecular weight is 391 g/mol. The molecule has 3 rings (SSSR count). The number of hydrogen-bond acceptors (Lipinski definition) is 4. The molecular weight excluding hydrogens is 356 g/mol. The van der Waals surface area contributed by atoms with Crippen LogP contribution in [0.2, 0.25) is 0 Å². The predicted molar refractivity (Wildman–Crippen MR) is 111 cm³/mol. The SMILES string of the molecule is C.C=C1CC[C@H]2CN(C(=O)Cc3cc(=O)[nH][nH]c3=O)CC[C@H]2N1CCC(C)C. The lowest BCUT2D eigenvalue weighted by Crippen LogP contribution is -2.54. The van der Waals surface area contributed by atoms with Gasteiger partial charge in [0.2, 0.25) is 5.91 Å². The van der Waals surface area contributed by atoms with Gasteiger partial charge in [0.15, 0.2) is 0 Å². The molecule has 0 unspecified atom stereocenters. The number of hydrogen-bond donors (Lipinski definition) is 2. The molecule has 28 heavy (non-hydrogen) atoms. The lowest BCUT2D eigenvalue weighted by Gasteiger charge is -2.49. The summed E-state index contributed by atoms with van der Waals surface area (Å²) in [6.07, 6.45) is 4.09. The normalized spacial score (nSPS) is 22.0. The van der Waals surface area contributed by atoms with Crippen molar-refractivity contribution in [2.24, 2.45) is 11.8 Å². The van der Waals surface area contributed by atoms with Gasteiger partial charge >= 0.3 is 0 Å². The Morgan fingerprint density at radius 1 is 1.29 bits per heavy atom. The number of H-pyrrole nitrogens is 2. The number of carbonyl (C=O) groups is 1. The summed E-state index contributed by atoms with van der Waals surface area (Å²) < 4.78 is 0. The van der Waals surface area contributed by atoms with Crippen LogP contribution in [0, 0.1) is 11.8 Å². The Hall–Kier alpha value is -2.31. The van der Waals surface area contributed by atoms with Crippen molar-refractivity contribution in [1.82, 2.24) is 20.0 Å². The molecule has 2 fully saturated rings. The Morgan fingerprint density at radius 2 is 2.04 bits per heavy atom. The third-order valence-corrected chi connectivity index (χ3v) is 5.84. The van der Waals surface area contributed by atoms with Crippen LogP contribution in [0.15, 0.2) is 27.9 Å². The summed E-state index contributed by atoms with van der Waals surface area (Å²) in [4.78, 5) is 40.2. The van der Waals surface area contributed by atoms with Gasteiger partial charge in [-0.3, -0.25) is 24.6 Å². The lowest BCUT2D eigenvalue weighted by atomic mass is 9.82. The second-order valence-corrected chi connectivity index (χ2v) is 8.23. The van der Waals surface area contributed by atoms with Crippen LogP contribution in [-0.4, -0.2) is 51.6 Å². The summed E-state index contributed by atoms with van der Waals surface area (Å²) in [7, 11) is 0. The largest absolute Gasteiger partial charge is 0.372 e. The number of aromatic nitrogens is 2. The molecule has 0 spiro atoms. The minimum Gasteiger partial charge on any atom is -0.372 e. The van der Waals surface area contributed by atoms with Gasteiger partial charge < -0.3 is 9.80 Å². The molecule has 2 N–H and O–H groups in total. The monoisotopic (exact) mass is 390 g/mol. The van der Waals surface area contributed by atoms with Gasteiger partial charge in [-0.25, -0.2) is 0 Å². The van der Waals surface area contributed by atoms with E-state index in [0.717, 1.165) is 38.8 Å². The molecule has 0 aromatic carbocycles. The molecule has 2 saturated heterocycles. The first kappa shape index (κ1) is 22.0. The van der Waals surface area contributed by atoms with Gasteiger partial charge in [-0.05, 0) is 37.5 Å². The molecule has 2 aliphatic heterocycles. The number of nitrogens with zero attached hydrogens (tertiary/aromatic N) is 2. The Morgan fingerprint density at radius 3 is 2.75 bits per heavy atom. The van der Waals surface area contributed by atoms with E-state index in [9.17, 15) is 14.4 Å². The van der Waals surface area contributed by atoms with Crippen molar-refractivity contribution in [3.63, 3.8) is 0 Å². The standard InChI is InChI=1S/C20H30N4O3.CH4/c1-13(2)6-9-24-14(3)4-5-15-12-23(8-7-17(15)24)19(26)11-16-10-18(25)21-22-20(16)27;/h10,13,15,17H,3-9,11-12H2,1-2H3,(H,21,25)(H,22,27);1H4/t15-,17+;/m0./s1. The van der Waals surface area contributed by atoms with Crippen LogP contribution in [0.3, 0.4) is 0 Å². The Bertz CT molecular complexity index is 810. The van der Waals surface area contributed by atoms with Crippen LogP contribution in [0.1, 0.15) is 52.5 Å². The molecule has 1 amide bonds. The predicted octanol–water partition coefficient (Wildman–Crippen LogP) is 2.11. The minimum atomic E-state index is -0.410. The number of fused-ring (bicyclic) bond motifs is 1. The Balaban J connectivity index is 0.00000280. The van der Waals surface area contributed by atoms with Crippen molar-refractivity contribution >= 4 is 5.91 Å². The highest BCUT2D eigenvalue weighted by Gasteiger charge is 2.38. The molecular formula is C21H34N4O3. The van der Waals surface area contributed by atoms with E-state index in [1.807, 2.05) is 4.90 Å². The molecule has 0 aliphatic carbocycles. The van der Waals surface area contributed by atoms with E-state index in [1.54, 1.807) is 0 Å². The maximum atomic E-state index is 12.7. The molecule has 0 saturated carbocycles. The van der Waals surface area contributed by atoms with Crippen LogP contribution in [0.25, 0.3) is 0 Å². The quantitative estimate of drug-likeness (QED) is 0.806. The van der Waals surface area contributed by atoms with Gasteiger partial charge in [-0.1, -0.05) is 27.9 Å². The van der Waals surface area contributed by atoms with Gasteiger partial charge in [-0.2, -0.15) is 0 Å². The fraction of sp³-hybridized carbons (Fsp3) is 0.667. The maximum absolute atomic E-state index is 12.7. The highest BCUT2D eigenvalue weighted by Crippen LogP contribution is 2.35. The first-order valence-corrected chi connectivity index (χ1v) is 9.88. The molecule has 0 bridgehead atoms. The lowest BCUT2D eigenvalue weighted by molar-refractivity contribution is -0.133. The van der Waals surface area contributed by atoms with Gasteiger partial charge in [0.1, 0.15) is 0 Å². The van der Waals surface area contributed by atoms with E-state index in [2.05, 4.69) is 35.5 Å². The topological polar surface area (TPSA) is 89.3 Å². The van der Waals surface area contributed by atoms with Crippen molar-refractivity contribution in [2.45, 2.75) is 59.4 Å². The number of piperidine rings is 2. The zero-order chi connectivity index (χ0) is 19.6. The van der Waals surface area contributed by atoms with Gasteiger partial charge in [-0.15, -0.1) is 0 Å². The van der Waals surface area contributed by atoms with E-state index < -0.39 is 11.1 Å². The van der Waals surface area contributed by atoms with Crippen LogP contribution in [0.4, 0.5) is 0 Å². The van der Waals surface area contributed by atoms with E-state index in [4.69, 9.17) is 0 Å². The minimum absolute atomic E-state index is 0. The van der Waals surface area contributed by atoms with E-state index in [0.29, 0.717) is 24.4 Å². The van der Waals surface area contributed by atoms with Crippen LogP contribution in [-0.2, 0) is 11.2 Å². The number of likely N-dealkylation sites (tertiary alicyclic amines) is 2. The fourth-order valence-electron chi connectivity index (χ4n) is 4.26. The number of aromatic amines is 2. The van der Waals surface area contributed by atoms with Crippen molar-refractivity contribution in [1.29, 1.82) is 0 Å². The van der Waals surface area contributed by atoms with E-state index in [-0.39, 0.29) is 25.3 Å². The number of amides is 1. The Labute approximate surface area is 166 Å². The molecule has 156 valence electrons. The van der Waals surface area contributed by atoms with Crippen LogP contribution >= 0.6 is 0 Å². The third-order valence-electron chi connectivity index (χ3n) is 5.84. The van der Waals surface area contributed by atoms with Crippen molar-refractivity contribution in [2.75, 3.05) is 19.6 Å². The molecule has 7 heteroatoms. The third kappa shape index (κ3) is 4.94. The summed E-state index contributed by atoms with van der Waals surface area (Å²) in [5, 5.41) is 4.50. The number of rotatable bonds is 5. The van der Waals surface area contributed by atoms with Gasteiger partial charge in [0.25, 0.3) is 11.1 Å². The van der Waals surface area contributed by atoms with Crippen molar-refractivity contribution in [3.05, 3.63) is 44.6 Å². The fourth-order valence-corrected chi connectivity index (χ4v) is 4.26. The molecule has 2 atom stereocenters. The summed E-state index contributed by atoms with van der Waals surface area (Å²) >= 11 is 0. The zero-order valence-electron chi connectivity index (χ0n) is 16.3. The molecule has 2 aliphatic rings. The van der Waals surface area contributed by atoms with E-state index in [1.165, 1.54) is 11.8 Å². The average Bonchev–Trinajstić information content (AvgIpc) is 2.63. The summed E-state index contributed by atoms with van der Waals surface area (Å²) in [6.45, 7) is 11.2. The maximum Gasteiger partial charge on any atom is 0.266 e. The number of carbonyl (C=O) groups excluding carboxylic acids is 1. The first-order chi connectivity index (χ1) is 12.8. The highest BCUT2D eigenvalue weighted by molar-refractivity contribution is 5.78. The van der Waals surface area contributed by atoms with Crippen LogP contribution in [0.5, 0.6) is 0 Å². The number of nitrogens with one attached hydrogen (secondary N) is 2. The number of allylic oxidation sites excluding steroid dienone is 1.